The molecule has 0 spiro atoms. The van der Waals surface area contributed by atoms with Crippen molar-refractivity contribution in [3.63, 3.8) is 0 Å². The first-order valence-electron chi connectivity index (χ1n) is 6.92. The monoisotopic (exact) mass is 280 g/mol. The van der Waals surface area contributed by atoms with E-state index in [0.717, 1.165) is 49.5 Å². The van der Waals surface area contributed by atoms with Gasteiger partial charge in [-0.3, -0.25) is 4.90 Å². The fourth-order valence-electron chi connectivity index (χ4n) is 3.60. The lowest BCUT2D eigenvalue weighted by Crippen LogP contribution is -2.44. The van der Waals surface area contributed by atoms with E-state index in [1.807, 2.05) is 6.92 Å². The molecule has 0 radical (unpaired) electrons. The van der Waals surface area contributed by atoms with E-state index in [1.165, 1.54) is 0 Å². The van der Waals surface area contributed by atoms with Gasteiger partial charge in [-0.2, -0.15) is 0 Å². The molecule has 2 saturated heterocycles. The van der Waals surface area contributed by atoms with Gasteiger partial charge in [0.15, 0.2) is 0 Å². The second-order valence-corrected chi connectivity index (χ2v) is 6.69. The number of fused-ring (bicyclic) bond motifs is 1. The lowest BCUT2D eigenvalue weighted by Gasteiger charge is -2.35. The summed E-state index contributed by atoms with van der Waals surface area (Å²) in [5.41, 5.74) is 1.14. The van der Waals surface area contributed by atoms with Crippen LogP contribution in [0.15, 0.2) is 6.07 Å². The molecule has 1 aromatic rings. The summed E-state index contributed by atoms with van der Waals surface area (Å²) in [4.78, 5) is 11.4. The van der Waals surface area contributed by atoms with E-state index in [9.17, 15) is 0 Å². The molecule has 2 fully saturated rings. The molecule has 1 N–H and O–H groups in total. The van der Waals surface area contributed by atoms with Crippen LogP contribution in [0, 0.1) is 18.8 Å². The van der Waals surface area contributed by atoms with Crippen LogP contribution in [-0.2, 0) is 6.54 Å². The van der Waals surface area contributed by atoms with Crippen molar-refractivity contribution in [3.05, 3.63) is 22.7 Å². The SMILES string of the molecule is Cc1cc(Cl)nc(CN2CC3CNCC3C2(C)C)n1. The van der Waals surface area contributed by atoms with Crippen LogP contribution >= 0.6 is 11.6 Å². The van der Waals surface area contributed by atoms with E-state index in [1.54, 1.807) is 6.07 Å². The maximum atomic E-state index is 6.02. The highest BCUT2D eigenvalue weighted by Gasteiger charge is 2.49. The van der Waals surface area contributed by atoms with Crippen molar-refractivity contribution < 1.29 is 0 Å². The van der Waals surface area contributed by atoms with Crippen molar-refractivity contribution in [2.45, 2.75) is 32.9 Å². The van der Waals surface area contributed by atoms with Crippen LogP contribution in [0.1, 0.15) is 25.4 Å². The number of likely N-dealkylation sites (tertiary alicyclic amines) is 1. The van der Waals surface area contributed by atoms with Crippen LogP contribution in [0.3, 0.4) is 0 Å². The third kappa shape index (κ3) is 2.37. The topological polar surface area (TPSA) is 41.1 Å². The molecule has 1 aromatic heterocycles. The van der Waals surface area contributed by atoms with Gasteiger partial charge in [0.25, 0.3) is 0 Å². The zero-order valence-electron chi connectivity index (χ0n) is 11.8. The molecule has 3 rings (SSSR count). The van der Waals surface area contributed by atoms with Gasteiger partial charge in [0.2, 0.25) is 0 Å². The minimum absolute atomic E-state index is 0.202. The van der Waals surface area contributed by atoms with E-state index in [4.69, 9.17) is 11.6 Å². The van der Waals surface area contributed by atoms with E-state index < -0.39 is 0 Å². The maximum Gasteiger partial charge on any atom is 0.144 e. The highest BCUT2D eigenvalue weighted by Crippen LogP contribution is 2.41. The smallest absolute Gasteiger partial charge is 0.144 e. The molecule has 0 amide bonds. The van der Waals surface area contributed by atoms with Crippen LogP contribution in [0.5, 0.6) is 0 Å². The third-order valence-corrected chi connectivity index (χ3v) is 4.91. The minimum Gasteiger partial charge on any atom is -0.316 e. The van der Waals surface area contributed by atoms with Gasteiger partial charge < -0.3 is 5.32 Å². The summed E-state index contributed by atoms with van der Waals surface area (Å²) in [7, 11) is 0. The van der Waals surface area contributed by atoms with Crippen molar-refractivity contribution >= 4 is 11.6 Å². The molecular weight excluding hydrogens is 260 g/mol. The Bertz CT molecular complexity index is 468. The average molecular weight is 281 g/mol. The van der Waals surface area contributed by atoms with Gasteiger partial charge in [0.1, 0.15) is 11.0 Å². The molecule has 5 heteroatoms. The lowest BCUT2D eigenvalue weighted by atomic mass is 9.85. The molecule has 19 heavy (non-hydrogen) atoms. The van der Waals surface area contributed by atoms with Gasteiger partial charge in [-0.15, -0.1) is 0 Å². The summed E-state index contributed by atoms with van der Waals surface area (Å²) in [5, 5.41) is 4.05. The maximum absolute atomic E-state index is 6.02. The summed E-state index contributed by atoms with van der Waals surface area (Å²) in [5.74, 6) is 2.33. The zero-order valence-corrected chi connectivity index (χ0v) is 12.5. The normalized spacial score (nSPS) is 29.7. The molecule has 2 aliphatic rings. The number of rotatable bonds is 2. The molecule has 0 bridgehead atoms. The highest BCUT2D eigenvalue weighted by atomic mass is 35.5. The van der Waals surface area contributed by atoms with Gasteiger partial charge in [0.05, 0.1) is 6.54 Å². The minimum atomic E-state index is 0.202. The molecule has 4 nitrogen and oxygen atoms in total. The number of nitrogens with zero attached hydrogens (tertiary/aromatic N) is 3. The highest BCUT2D eigenvalue weighted by molar-refractivity contribution is 6.29. The van der Waals surface area contributed by atoms with Gasteiger partial charge >= 0.3 is 0 Å². The Morgan fingerprint density at radius 2 is 2.21 bits per heavy atom. The Hall–Kier alpha value is -0.710. The molecule has 3 heterocycles. The molecule has 2 unspecified atom stereocenters. The van der Waals surface area contributed by atoms with Crippen LogP contribution in [0.2, 0.25) is 5.15 Å². The van der Waals surface area contributed by atoms with Gasteiger partial charge in [0, 0.05) is 24.3 Å². The largest absolute Gasteiger partial charge is 0.316 e. The average Bonchev–Trinajstić information content (AvgIpc) is 2.82. The van der Waals surface area contributed by atoms with Crippen molar-refractivity contribution in [1.29, 1.82) is 0 Å². The summed E-state index contributed by atoms with van der Waals surface area (Å²) in [6.45, 7) is 10.8. The Morgan fingerprint density at radius 1 is 1.42 bits per heavy atom. The molecule has 2 atom stereocenters. The first-order valence-corrected chi connectivity index (χ1v) is 7.30. The number of aryl methyl sites for hydroxylation is 1. The number of hydrogen-bond donors (Lipinski definition) is 1. The summed E-state index contributed by atoms with van der Waals surface area (Å²) >= 11 is 6.02. The summed E-state index contributed by atoms with van der Waals surface area (Å²) < 4.78 is 0. The van der Waals surface area contributed by atoms with Gasteiger partial charge in [-0.05, 0) is 45.2 Å². The predicted octanol–water partition coefficient (Wildman–Crippen LogP) is 1.87. The van der Waals surface area contributed by atoms with E-state index in [0.29, 0.717) is 5.15 Å². The van der Waals surface area contributed by atoms with E-state index in [2.05, 4.69) is 34.0 Å². The Balaban J connectivity index is 1.80. The molecule has 0 aromatic carbocycles. The van der Waals surface area contributed by atoms with Crippen LogP contribution in [0.4, 0.5) is 0 Å². The van der Waals surface area contributed by atoms with Crippen molar-refractivity contribution in [2.75, 3.05) is 19.6 Å². The van der Waals surface area contributed by atoms with Crippen molar-refractivity contribution in [2.24, 2.45) is 11.8 Å². The fraction of sp³-hybridized carbons (Fsp3) is 0.714. The number of halogens is 1. The van der Waals surface area contributed by atoms with Gasteiger partial charge in [-0.1, -0.05) is 11.6 Å². The first kappa shape index (κ1) is 13.3. The fourth-order valence-corrected chi connectivity index (χ4v) is 3.86. The first-order chi connectivity index (χ1) is 8.96. The van der Waals surface area contributed by atoms with Gasteiger partial charge in [-0.25, -0.2) is 9.97 Å². The third-order valence-electron chi connectivity index (χ3n) is 4.72. The number of hydrogen-bond acceptors (Lipinski definition) is 4. The standard InChI is InChI=1S/C14H21ClN4/c1-9-4-12(15)18-13(17-9)8-19-7-10-5-16-6-11(10)14(19,2)3/h4,10-11,16H,5-8H2,1-3H3. The second-order valence-electron chi connectivity index (χ2n) is 6.31. The van der Waals surface area contributed by atoms with E-state index in [-0.39, 0.29) is 5.54 Å². The Labute approximate surface area is 119 Å². The quantitative estimate of drug-likeness (QED) is 0.840. The van der Waals surface area contributed by atoms with Crippen LogP contribution < -0.4 is 5.32 Å². The van der Waals surface area contributed by atoms with E-state index >= 15 is 0 Å². The van der Waals surface area contributed by atoms with Crippen molar-refractivity contribution in [1.82, 2.24) is 20.2 Å². The summed E-state index contributed by atoms with van der Waals surface area (Å²) in [6, 6.07) is 1.80. The summed E-state index contributed by atoms with van der Waals surface area (Å²) in [6.07, 6.45) is 0. The van der Waals surface area contributed by atoms with Crippen molar-refractivity contribution in [3.8, 4) is 0 Å². The molecule has 2 aliphatic heterocycles. The van der Waals surface area contributed by atoms with Crippen LogP contribution in [-0.4, -0.2) is 40.0 Å². The Morgan fingerprint density at radius 3 is 2.89 bits per heavy atom. The number of nitrogens with one attached hydrogen (secondary N) is 1. The number of aromatic nitrogens is 2. The van der Waals surface area contributed by atoms with Crippen LogP contribution in [0.25, 0.3) is 0 Å². The Kier molecular flexibility index (Phi) is 3.28. The second kappa shape index (κ2) is 4.69. The molecular formula is C14H21ClN4. The predicted molar refractivity (Wildman–Crippen MR) is 76.1 cm³/mol. The lowest BCUT2D eigenvalue weighted by molar-refractivity contribution is 0.128. The molecule has 0 saturated carbocycles. The molecule has 104 valence electrons. The zero-order chi connectivity index (χ0) is 13.6. The molecule has 0 aliphatic carbocycles.